The lowest BCUT2D eigenvalue weighted by Gasteiger charge is -2.14. The summed E-state index contributed by atoms with van der Waals surface area (Å²) in [6, 6.07) is 15.2. The smallest absolute Gasteiger partial charge is 0.127 e. The number of benzene rings is 2. The molecule has 94 valence electrons. The first-order chi connectivity index (χ1) is 8.66. The van der Waals surface area contributed by atoms with Crippen LogP contribution < -0.4 is 5.32 Å². The van der Waals surface area contributed by atoms with Gasteiger partial charge in [-0.25, -0.2) is 4.39 Å². The van der Waals surface area contributed by atoms with E-state index < -0.39 is 0 Å². The minimum absolute atomic E-state index is 0.159. The Kier molecular flexibility index (Phi) is 4.50. The van der Waals surface area contributed by atoms with Crippen molar-refractivity contribution in [3.63, 3.8) is 0 Å². The van der Waals surface area contributed by atoms with Crippen LogP contribution in [0.25, 0.3) is 0 Å². The molecule has 1 nitrogen and oxygen atoms in total. The second kappa shape index (κ2) is 6.12. The highest BCUT2D eigenvalue weighted by Gasteiger charge is 2.06. The van der Waals surface area contributed by atoms with Crippen LogP contribution in [-0.2, 0) is 6.54 Å². The van der Waals surface area contributed by atoms with Gasteiger partial charge in [-0.05, 0) is 30.7 Å². The highest BCUT2D eigenvalue weighted by molar-refractivity contribution is 9.10. The lowest BCUT2D eigenvalue weighted by atomic mass is 10.1. The number of halogens is 2. The Hall–Kier alpha value is -1.19. The van der Waals surface area contributed by atoms with Crippen molar-refractivity contribution >= 4 is 15.9 Å². The topological polar surface area (TPSA) is 12.0 Å². The van der Waals surface area contributed by atoms with Crippen molar-refractivity contribution in [3.8, 4) is 0 Å². The fourth-order valence-corrected chi connectivity index (χ4v) is 2.04. The summed E-state index contributed by atoms with van der Waals surface area (Å²) in [7, 11) is 0. The number of hydrogen-bond acceptors (Lipinski definition) is 1. The third-order valence-electron chi connectivity index (χ3n) is 2.93. The summed E-state index contributed by atoms with van der Waals surface area (Å²) in [6.07, 6.45) is 0. The molecule has 0 aliphatic heterocycles. The molecule has 0 aromatic heterocycles. The van der Waals surface area contributed by atoms with Crippen molar-refractivity contribution in [1.82, 2.24) is 5.32 Å². The molecule has 0 spiro atoms. The Morgan fingerprint density at radius 1 is 1.11 bits per heavy atom. The van der Waals surface area contributed by atoms with Crippen molar-refractivity contribution in [3.05, 3.63) is 69.9 Å². The quantitative estimate of drug-likeness (QED) is 0.880. The van der Waals surface area contributed by atoms with Crippen molar-refractivity contribution in [1.29, 1.82) is 0 Å². The van der Waals surface area contributed by atoms with Gasteiger partial charge < -0.3 is 5.32 Å². The molecular formula is C15H15BrFN. The normalized spacial score (nSPS) is 12.4. The van der Waals surface area contributed by atoms with Gasteiger partial charge in [-0.15, -0.1) is 0 Å². The fraction of sp³-hybridized carbons (Fsp3) is 0.200. The predicted molar refractivity (Wildman–Crippen MR) is 75.8 cm³/mol. The third-order valence-corrected chi connectivity index (χ3v) is 3.46. The highest BCUT2D eigenvalue weighted by Crippen LogP contribution is 2.17. The van der Waals surface area contributed by atoms with Crippen molar-refractivity contribution < 1.29 is 4.39 Å². The summed E-state index contributed by atoms with van der Waals surface area (Å²) in [4.78, 5) is 0. The van der Waals surface area contributed by atoms with Crippen molar-refractivity contribution in [2.75, 3.05) is 0 Å². The van der Waals surface area contributed by atoms with Gasteiger partial charge in [0.15, 0.2) is 0 Å². The molecule has 0 saturated heterocycles. The predicted octanol–water partition coefficient (Wildman–Crippen LogP) is 4.44. The van der Waals surface area contributed by atoms with Gasteiger partial charge in [0.05, 0.1) is 0 Å². The van der Waals surface area contributed by atoms with Gasteiger partial charge in [0.25, 0.3) is 0 Å². The fourth-order valence-electron chi connectivity index (χ4n) is 1.77. The lowest BCUT2D eigenvalue weighted by Crippen LogP contribution is -2.18. The number of nitrogens with one attached hydrogen (secondary N) is 1. The van der Waals surface area contributed by atoms with Gasteiger partial charge in [0, 0.05) is 22.6 Å². The third kappa shape index (κ3) is 3.40. The summed E-state index contributed by atoms with van der Waals surface area (Å²) in [5, 5.41) is 3.32. The molecule has 2 aromatic carbocycles. The zero-order valence-corrected chi connectivity index (χ0v) is 11.7. The van der Waals surface area contributed by atoms with Crippen LogP contribution in [0.1, 0.15) is 24.1 Å². The zero-order chi connectivity index (χ0) is 13.0. The standard InChI is InChI=1S/C15H15BrFN/c1-11(12-6-8-14(16)9-7-12)18-10-13-4-2-3-5-15(13)17/h2-9,11,18H,10H2,1H3. The molecule has 1 atom stereocenters. The van der Waals surface area contributed by atoms with Crippen LogP contribution in [0.3, 0.4) is 0 Å². The lowest BCUT2D eigenvalue weighted by molar-refractivity contribution is 0.544. The molecule has 0 bridgehead atoms. The maximum Gasteiger partial charge on any atom is 0.127 e. The zero-order valence-electron chi connectivity index (χ0n) is 10.2. The number of hydrogen-bond donors (Lipinski definition) is 1. The van der Waals surface area contributed by atoms with Crippen LogP contribution in [0.4, 0.5) is 4.39 Å². The maximum atomic E-state index is 13.4. The van der Waals surface area contributed by atoms with E-state index in [9.17, 15) is 4.39 Å². The maximum absolute atomic E-state index is 13.4. The van der Waals surface area contributed by atoms with E-state index >= 15 is 0 Å². The molecule has 0 amide bonds. The van der Waals surface area contributed by atoms with E-state index in [0.717, 1.165) is 4.47 Å². The molecular weight excluding hydrogens is 293 g/mol. The number of rotatable bonds is 4. The van der Waals surface area contributed by atoms with E-state index in [1.165, 1.54) is 11.6 Å². The van der Waals surface area contributed by atoms with Gasteiger partial charge in [-0.3, -0.25) is 0 Å². The van der Waals surface area contributed by atoms with Crippen molar-refractivity contribution in [2.45, 2.75) is 19.5 Å². The first-order valence-electron chi connectivity index (χ1n) is 5.89. The van der Waals surface area contributed by atoms with Crippen LogP contribution in [0.5, 0.6) is 0 Å². The van der Waals surface area contributed by atoms with Crippen LogP contribution >= 0.6 is 15.9 Å². The van der Waals surface area contributed by atoms with Gasteiger partial charge >= 0.3 is 0 Å². The average molecular weight is 308 g/mol. The summed E-state index contributed by atoms with van der Waals surface area (Å²) in [6.45, 7) is 2.61. The summed E-state index contributed by atoms with van der Waals surface area (Å²) in [5.41, 5.74) is 1.89. The highest BCUT2D eigenvalue weighted by atomic mass is 79.9. The molecule has 1 N–H and O–H groups in total. The van der Waals surface area contributed by atoms with E-state index in [2.05, 4.69) is 40.3 Å². The molecule has 2 aromatic rings. The van der Waals surface area contributed by atoms with Gasteiger partial charge in [-0.2, -0.15) is 0 Å². The first-order valence-corrected chi connectivity index (χ1v) is 6.68. The minimum atomic E-state index is -0.159. The molecule has 0 radical (unpaired) electrons. The minimum Gasteiger partial charge on any atom is -0.306 e. The van der Waals surface area contributed by atoms with Crippen LogP contribution in [-0.4, -0.2) is 0 Å². The largest absolute Gasteiger partial charge is 0.306 e. The molecule has 0 aliphatic carbocycles. The van der Waals surface area contributed by atoms with Gasteiger partial charge in [0.1, 0.15) is 5.82 Å². The molecule has 0 saturated carbocycles. The van der Waals surface area contributed by atoms with E-state index in [0.29, 0.717) is 12.1 Å². The molecule has 2 rings (SSSR count). The Bertz CT molecular complexity index is 510. The van der Waals surface area contributed by atoms with Gasteiger partial charge in [0.2, 0.25) is 0 Å². The van der Waals surface area contributed by atoms with Crippen LogP contribution in [0.2, 0.25) is 0 Å². The van der Waals surface area contributed by atoms with Crippen LogP contribution in [0, 0.1) is 5.82 Å². The molecule has 0 heterocycles. The van der Waals surface area contributed by atoms with Crippen LogP contribution in [0.15, 0.2) is 53.0 Å². The molecule has 3 heteroatoms. The van der Waals surface area contributed by atoms with E-state index in [1.54, 1.807) is 12.1 Å². The molecule has 0 fully saturated rings. The Morgan fingerprint density at radius 3 is 2.44 bits per heavy atom. The Morgan fingerprint density at radius 2 is 1.78 bits per heavy atom. The summed E-state index contributed by atoms with van der Waals surface area (Å²) in [5.74, 6) is -0.159. The monoisotopic (exact) mass is 307 g/mol. The summed E-state index contributed by atoms with van der Waals surface area (Å²) < 4.78 is 14.5. The Labute approximate surface area is 115 Å². The first kappa shape index (κ1) is 13.2. The molecule has 1 unspecified atom stereocenters. The summed E-state index contributed by atoms with van der Waals surface area (Å²) >= 11 is 3.41. The molecule has 18 heavy (non-hydrogen) atoms. The second-order valence-electron chi connectivity index (χ2n) is 4.25. The Balaban J connectivity index is 1.98. The van der Waals surface area contributed by atoms with E-state index in [4.69, 9.17) is 0 Å². The SMILES string of the molecule is CC(NCc1ccccc1F)c1ccc(Br)cc1. The van der Waals surface area contributed by atoms with E-state index in [1.807, 2.05) is 18.2 Å². The molecule has 0 aliphatic rings. The average Bonchev–Trinajstić information content (AvgIpc) is 2.38. The second-order valence-corrected chi connectivity index (χ2v) is 5.16. The van der Waals surface area contributed by atoms with E-state index in [-0.39, 0.29) is 11.9 Å². The van der Waals surface area contributed by atoms with Crippen molar-refractivity contribution in [2.24, 2.45) is 0 Å². The van der Waals surface area contributed by atoms with Gasteiger partial charge in [-0.1, -0.05) is 46.3 Å².